The first kappa shape index (κ1) is 29.9. The third kappa shape index (κ3) is 8.98. The van der Waals surface area contributed by atoms with Crippen LogP contribution in [0.25, 0.3) is 0 Å². The van der Waals surface area contributed by atoms with Crippen LogP contribution in [0.15, 0.2) is 47.0 Å². The molecular formula is C28H39ClF2N4O3. The minimum Gasteiger partial charge on any atom is -0.450 e. The molecule has 3 N–H and O–H groups in total. The van der Waals surface area contributed by atoms with E-state index >= 15 is 0 Å². The van der Waals surface area contributed by atoms with Crippen LogP contribution in [0, 0.1) is 11.8 Å². The molecule has 2 atom stereocenters. The first-order valence-electron chi connectivity index (χ1n) is 13.3. The molecule has 1 aromatic rings. The number of carbonyl (C=O) groups excluding carboxylic acids is 2. The average molecular weight is 553 g/mol. The molecule has 0 spiro atoms. The minimum absolute atomic E-state index is 0.0858. The highest BCUT2D eigenvalue weighted by molar-refractivity contribution is 6.30. The second kappa shape index (κ2) is 13.9. The molecule has 1 aliphatic heterocycles. The summed E-state index contributed by atoms with van der Waals surface area (Å²) in [6.45, 7) is 7.58. The number of ether oxygens (including phenoxy) is 1. The summed E-state index contributed by atoms with van der Waals surface area (Å²) in [5.41, 5.74) is 1.38. The lowest BCUT2D eigenvalue weighted by atomic mass is 9.85. The van der Waals surface area contributed by atoms with Crippen LogP contribution in [0.4, 0.5) is 24.1 Å². The van der Waals surface area contributed by atoms with Gasteiger partial charge < -0.3 is 25.6 Å². The van der Waals surface area contributed by atoms with Crippen molar-refractivity contribution in [2.24, 2.45) is 11.8 Å². The van der Waals surface area contributed by atoms with Crippen molar-refractivity contribution in [3.05, 3.63) is 52.6 Å². The topological polar surface area (TPSA) is 82.7 Å². The molecule has 0 radical (unpaired) electrons. The largest absolute Gasteiger partial charge is 0.450 e. The van der Waals surface area contributed by atoms with Gasteiger partial charge >= 0.3 is 12.1 Å². The maximum absolute atomic E-state index is 13.7. The normalized spacial score (nSPS) is 19.3. The van der Waals surface area contributed by atoms with Gasteiger partial charge in [0.15, 0.2) is 0 Å². The van der Waals surface area contributed by atoms with E-state index in [0.29, 0.717) is 38.0 Å². The van der Waals surface area contributed by atoms with Crippen LogP contribution < -0.4 is 16.0 Å². The number of hydrogen-bond donors (Lipinski definition) is 3. The van der Waals surface area contributed by atoms with Crippen molar-refractivity contribution < 1.29 is 23.1 Å². The van der Waals surface area contributed by atoms with Crippen LogP contribution >= 0.6 is 11.6 Å². The molecule has 3 amide bonds. The zero-order chi connectivity index (χ0) is 27.7. The van der Waals surface area contributed by atoms with Gasteiger partial charge in [0, 0.05) is 48.9 Å². The number of nitrogens with zero attached hydrogens (tertiary/aromatic N) is 1. The molecule has 3 rings (SSSR count). The summed E-state index contributed by atoms with van der Waals surface area (Å²) in [5.74, 6) is -2.69. The lowest BCUT2D eigenvalue weighted by molar-refractivity contribution is 0.0175. The Morgan fingerprint density at radius 1 is 1.24 bits per heavy atom. The summed E-state index contributed by atoms with van der Waals surface area (Å²) in [4.78, 5) is 26.3. The Morgan fingerprint density at radius 2 is 1.97 bits per heavy atom. The highest BCUT2D eigenvalue weighted by atomic mass is 35.5. The van der Waals surface area contributed by atoms with Crippen LogP contribution in [-0.4, -0.2) is 55.9 Å². The lowest BCUT2D eigenvalue weighted by Gasteiger charge is -2.32. The van der Waals surface area contributed by atoms with Crippen LogP contribution in [-0.2, 0) is 10.7 Å². The lowest BCUT2D eigenvalue weighted by Crippen LogP contribution is -2.45. The first-order chi connectivity index (χ1) is 18.1. The second-order valence-corrected chi connectivity index (χ2v) is 10.5. The number of urea groups is 1. The quantitative estimate of drug-likeness (QED) is 0.321. The molecule has 1 fully saturated rings. The molecular weight excluding hydrogens is 514 g/mol. The number of halogens is 3. The van der Waals surface area contributed by atoms with Gasteiger partial charge in [0.25, 0.3) is 5.92 Å². The standard InChI is InChI=1S/C28H39ClF2N4O3/c1-4-38-27(37)35-14-11-23(12-15-35)32-13-10-21(20-8-9-25(29)19(2)16-20)18-33-26(36)34-24-7-5-6-22(17-24)28(3,30)31/h5-9,17,19,21,23,32H,4,10-16,18H2,1-3H3,(H2,33,34,36). The summed E-state index contributed by atoms with van der Waals surface area (Å²) in [6, 6.07) is 5.58. The van der Waals surface area contributed by atoms with Crippen molar-refractivity contribution in [3.8, 4) is 0 Å². The zero-order valence-electron chi connectivity index (χ0n) is 22.4. The van der Waals surface area contributed by atoms with E-state index in [-0.39, 0.29) is 23.5 Å². The number of likely N-dealkylation sites (tertiary alicyclic amines) is 1. The smallest absolute Gasteiger partial charge is 0.409 e. The SMILES string of the molecule is CCOC(=O)N1CCC(NCCC(CNC(=O)Nc2cccc(C(C)(F)F)c2)C2=CC=C(Cl)C(C)C2)CC1. The number of amides is 3. The molecule has 0 bridgehead atoms. The molecule has 0 saturated carbocycles. The highest BCUT2D eigenvalue weighted by Crippen LogP contribution is 2.32. The predicted octanol–water partition coefficient (Wildman–Crippen LogP) is 6.23. The van der Waals surface area contributed by atoms with Crippen LogP contribution in [0.1, 0.15) is 52.0 Å². The number of carbonyl (C=O) groups is 2. The van der Waals surface area contributed by atoms with E-state index in [9.17, 15) is 18.4 Å². The van der Waals surface area contributed by atoms with E-state index in [1.165, 1.54) is 23.8 Å². The van der Waals surface area contributed by atoms with Crippen LogP contribution in [0.3, 0.4) is 0 Å². The molecule has 38 heavy (non-hydrogen) atoms. The third-order valence-corrected chi connectivity index (χ3v) is 7.58. The van der Waals surface area contributed by atoms with Gasteiger partial charge in [-0.1, -0.05) is 42.3 Å². The van der Waals surface area contributed by atoms with E-state index in [4.69, 9.17) is 16.3 Å². The zero-order valence-corrected chi connectivity index (χ0v) is 23.1. The summed E-state index contributed by atoms with van der Waals surface area (Å²) in [5, 5.41) is 10.00. The van der Waals surface area contributed by atoms with E-state index in [1.807, 2.05) is 12.2 Å². The van der Waals surface area contributed by atoms with Crippen molar-refractivity contribution in [2.45, 2.75) is 58.4 Å². The molecule has 2 unspecified atom stereocenters. The number of nitrogens with one attached hydrogen (secondary N) is 3. The van der Waals surface area contributed by atoms with E-state index in [0.717, 1.165) is 44.2 Å². The number of alkyl halides is 2. The van der Waals surface area contributed by atoms with Gasteiger partial charge in [-0.3, -0.25) is 0 Å². The maximum atomic E-state index is 13.7. The first-order valence-corrected chi connectivity index (χ1v) is 13.7. The summed E-state index contributed by atoms with van der Waals surface area (Å²) >= 11 is 6.29. The van der Waals surface area contributed by atoms with Crippen molar-refractivity contribution in [1.29, 1.82) is 0 Å². The number of anilines is 1. The summed E-state index contributed by atoms with van der Waals surface area (Å²) in [6.07, 6.45) is 7.05. The Bertz CT molecular complexity index is 1020. The second-order valence-electron chi connectivity index (χ2n) is 10.1. The van der Waals surface area contributed by atoms with E-state index in [2.05, 4.69) is 22.9 Å². The Labute approximate surface area is 229 Å². The molecule has 2 aliphatic rings. The number of hydrogen-bond acceptors (Lipinski definition) is 4. The minimum atomic E-state index is -2.99. The Balaban J connectivity index is 1.53. The fourth-order valence-corrected chi connectivity index (χ4v) is 4.94. The average Bonchev–Trinajstić information content (AvgIpc) is 2.88. The van der Waals surface area contributed by atoms with Gasteiger partial charge in [-0.2, -0.15) is 0 Å². The Morgan fingerprint density at radius 3 is 2.63 bits per heavy atom. The van der Waals surface area contributed by atoms with Gasteiger partial charge in [-0.25, -0.2) is 18.4 Å². The predicted molar refractivity (Wildman–Crippen MR) is 147 cm³/mol. The van der Waals surface area contributed by atoms with Gasteiger partial charge in [-0.05, 0) is 69.2 Å². The number of benzene rings is 1. The third-order valence-electron chi connectivity index (χ3n) is 7.08. The van der Waals surface area contributed by atoms with Gasteiger partial charge in [0.05, 0.1) is 6.61 Å². The van der Waals surface area contributed by atoms with E-state index < -0.39 is 12.0 Å². The fraction of sp³-hybridized carbons (Fsp3) is 0.571. The molecule has 1 heterocycles. The maximum Gasteiger partial charge on any atom is 0.409 e. The van der Waals surface area contributed by atoms with Crippen LogP contribution in [0.2, 0.25) is 0 Å². The van der Waals surface area contributed by atoms with Gasteiger partial charge in [-0.15, -0.1) is 0 Å². The van der Waals surface area contributed by atoms with E-state index in [1.54, 1.807) is 17.9 Å². The summed E-state index contributed by atoms with van der Waals surface area (Å²) in [7, 11) is 0. The highest BCUT2D eigenvalue weighted by Gasteiger charge is 2.26. The Hall–Kier alpha value is -2.65. The summed E-state index contributed by atoms with van der Waals surface area (Å²) < 4.78 is 32.4. The Kier molecular flexibility index (Phi) is 11.0. The molecule has 10 heteroatoms. The van der Waals surface area contributed by atoms with Gasteiger partial charge in [0.1, 0.15) is 0 Å². The number of rotatable bonds is 10. The molecule has 1 aromatic carbocycles. The molecule has 0 aromatic heterocycles. The van der Waals surface area contributed by atoms with Crippen LogP contribution in [0.5, 0.6) is 0 Å². The van der Waals surface area contributed by atoms with Crippen molar-refractivity contribution >= 4 is 29.4 Å². The molecule has 1 aliphatic carbocycles. The van der Waals surface area contributed by atoms with Crippen molar-refractivity contribution in [3.63, 3.8) is 0 Å². The molecule has 210 valence electrons. The monoisotopic (exact) mass is 552 g/mol. The molecule has 7 nitrogen and oxygen atoms in total. The number of allylic oxidation sites excluding steroid dienone is 3. The van der Waals surface area contributed by atoms with Crippen molar-refractivity contribution in [2.75, 3.05) is 38.1 Å². The molecule has 1 saturated heterocycles. The fourth-order valence-electron chi connectivity index (χ4n) is 4.80. The van der Waals surface area contributed by atoms with Gasteiger partial charge in [0.2, 0.25) is 0 Å². The van der Waals surface area contributed by atoms with Crippen molar-refractivity contribution in [1.82, 2.24) is 15.5 Å². The number of piperidine rings is 1.